The lowest BCUT2D eigenvalue weighted by Crippen LogP contribution is -1.96. The molecule has 0 amide bonds. The van der Waals surface area contributed by atoms with E-state index in [2.05, 4.69) is 10.2 Å². The van der Waals surface area contributed by atoms with E-state index in [-0.39, 0.29) is 0 Å². The van der Waals surface area contributed by atoms with Crippen molar-refractivity contribution in [3.63, 3.8) is 0 Å². The Morgan fingerprint density at radius 1 is 1.54 bits per heavy atom. The molecule has 0 fully saturated rings. The second kappa shape index (κ2) is 3.01. The van der Waals surface area contributed by atoms with Crippen LogP contribution >= 0.6 is 0 Å². The molecule has 68 valence electrons. The fourth-order valence-corrected chi connectivity index (χ4v) is 1.44. The van der Waals surface area contributed by atoms with E-state index in [1.54, 1.807) is 0 Å². The molecule has 0 spiro atoms. The summed E-state index contributed by atoms with van der Waals surface area (Å²) in [6.07, 6.45) is 4.56. The Labute approximate surface area is 74.7 Å². The minimum atomic E-state index is -0.963. The van der Waals surface area contributed by atoms with Gasteiger partial charge in [-0.1, -0.05) is 0 Å². The summed E-state index contributed by atoms with van der Waals surface area (Å²) in [4.78, 5) is 10.3. The third kappa shape index (κ3) is 1.44. The molecule has 13 heavy (non-hydrogen) atoms. The van der Waals surface area contributed by atoms with Crippen LogP contribution in [0.5, 0.6) is 0 Å². The first-order valence-corrected chi connectivity index (χ1v) is 4.10. The topological polar surface area (TPSA) is 68.0 Å². The largest absolute Gasteiger partial charge is 0.478 e. The van der Waals surface area contributed by atoms with Gasteiger partial charge in [0.1, 0.15) is 5.82 Å². The molecular weight excluding hydrogens is 170 g/mol. The SMILES string of the molecule is O=C(O)C=Cc1nnc2n1CCC2. The molecule has 1 aliphatic rings. The highest BCUT2D eigenvalue weighted by Crippen LogP contribution is 2.14. The molecule has 0 saturated heterocycles. The predicted molar refractivity (Wildman–Crippen MR) is 45.0 cm³/mol. The van der Waals surface area contributed by atoms with Crippen LogP contribution in [0.15, 0.2) is 6.08 Å². The van der Waals surface area contributed by atoms with E-state index in [0.717, 1.165) is 31.3 Å². The number of fused-ring (bicyclic) bond motifs is 1. The summed E-state index contributed by atoms with van der Waals surface area (Å²) in [6, 6.07) is 0. The number of carboxylic acid groups (broad SMARTS) is 1. The third-order valence-electron chi connectivity index (χ3n) is 2.01. The molecule has 0 saturated carbocycles. The van der Waals surface area contributed by atoms with E-state index in [0.29, 0.717) is 5.82 Å². The van der Waals surface area contributed by atoms with Crippen LogP contribution in [-0.4, -0.2) is 25.8 Å². The van der Waals surface area contributed by atoms with Crippen molar-refractivity contribution in [3.05, 3.63) is 17.7 Å². The van der Waals surface area contributed by atoms with Gasteiger partial charge in [-0.05, 0) is 12.5 Å². The van der Waals surface area contributed by atoms with E-state index >= 15 is 0 Å². The maximum Gasteiger partial charge on any atom is 0.328 e. The molecule has 1 aromatic rings. The van der Waals surface area contributed by atoms with Crippen LogP contribution < -0.4 is 0 Å². The molecule has 0 radical (unpaired) electrons. The molecule has 0 aromatic carbocycles. The van der Waals surface area contributed by atoms with Crippen LogP contribution in [-0.2, 0) is 17.8 Å². The summed E-state index contributed by atoms with van der Waals surface area (Å²) < 4.78 is 1.94. The maximum absolute atomic E-state index is 10.3. The monoisotopic (exact) mass is 179 g/mol. The van der Waals surface area contributed by atoms with Crippen molar-refractivity contribution >= 4 is 12.0 Å². The molecule has 0 bridgehead atoms. The van der Waals surface area contributed by atoms with Crippen molar-refractivity contribution in [2.75, 3.05) is 0 Å². The van der Waals surface area contributed by atoms with Crippen molar-refractivity contribution < 1.29 is 9.90 Å². The molecular formula is C8H9N3O2. The average Bonchev–Trinajstić information content (AvgIpc) is 2.60. The molecule has 0 atom stereocenters. The highest BCUT2D eigenvalue weighted by Gasteiger charge is 2.15. The van der Waals surface area contributed by atoms with Gasteiger partial charge in [-0.2, -0.15) is 0 Å². The quantitative estimate of drug-likeness (QED) is 0.664. The number of rotatable bonds is 2. The minimum absolute atomic E-state index is 0.634. The fourth-order valence-electron chi connectivity index (χ4n) is 1.44. The van der Waals surface area contributed by atoms with E-state index in [1.807, 2.05) is 4.57 Å². The first kappa shape index (κ1) is 7.97. The first-order chi connectivity index (χ1) is 6.27. The zero-order valence-corrected chi connectivity index (χ0v) is 6.97. The van der Waals surface area contributed by atoms with Gasteiger partial charge in [-0.15, -0.1) is 10.2 Å². The number of carbonyl (C=O) groups is 1. The summed E-state index contributed by atoms with van der Waals surface area (Å²) >= 11 is 0. The van der Waals surface area contributed by atoms with Gasteiger partial charge in [0.25, 0.3) is 0 Å². The van der Waals surface area contributed by atoms with Crippen LogP contribution in [0.4, 0.5) is 0 Å². The lowest BCUT2D eigenvalue weighted by atomic mass is 10.4. The second-order valence-corrected chi connectivity index (χ2v) is 2.90. The number of aliphatic carboxylic acids is 1. The van der Waals surface area contributed by atoms with Gasteiger partial charge in [-0.25, -0.2) is 4.79 Å². The van der Waals surface area contributed by atoms with Gasteiger partial charge in [-0.3, -0.25) is 0 Å². The maximum atomic E-state index is 10.3. The molecule has 1 aliphatic heterocycles. The summed E-state index contributed by atoms with van der Waals surface area (Å²) in [5.74, 6) is 0.621. The molecule has 1 aromatic heterocycles. The Kier molecular flexibility index (Phi) is 1.84. The zero-order valence-electron chi connectivity index (χ0n) is 6.97. The van der Waals surface area contributed by atoms with E-state index < -0.39 is 5.97 Å². The second-order valence-electron chi connectivity index (χ2n) is 2.90. The lowest BCUT2D eigenvalue weighted by molar-refractivity contribution is -0.131. The molecule has 0 unspecified atom stereocenters. The van der Waals surface area contributed by atoms with Gasteiger partial charge in [0.05, 0.1) is 0 Å². The minimum Gasteiger partial charge on any atom is -0.478 e. The van der Waals surface area contributed by atoms with Crippen LogP contribution in [0.3, 0.4) is 0 Å². The van der Waals surface area contributed by atoms with Crippen molar-refractivity contribution in [1.29, 1.82) is 0 Å². The molecule has 5 nitrogen and oxygen atoms in total. The fraction of sp³-hybridized carbons (Fsp3) is 0.375. The standard InChI is InChI=1S/C8H9N3O2/c12-8(13)4-3-7-10-9-6-2-1-5-11(6)7/h3-4H,1-2,5H2,(H,12,13). The summed E-state index contributed by atoms with van der Waals surface area (Å²) in [5.41, 5.74) is 0. The van der Waals surface area contributed by atoms with Gasteiger partial charge in [0, 0.05) is 19.0 Å². The van der Waals surface area contributed by atoms with Gasteiger partial charge < -0.3 is 9.67 Å². The number of nitrogens with zero attached hydrogens (tertiary/aromatic N) is 3. The van der Waals surface area contributed by atoms with Gasteiger partial charge in [0.2, 0.25) is 0 Å². The number of aromatic nitrogens is 3. The average molecular weight is 179 g/mol. The lowest BCUT2D eigenvalue weighted by Gasteiger charge is -1.94. The van der Waals surface area contributed by atoms with Crippen molar-refractivity contribution in [2.24, 2.45) is 0 Å². The Morgan fingerprint density at radius 3 is 3.15 bits per heavy atom. The van der Waals surface area contributed by atoms with E-state index in [9.17, 15) is 4.79 Å². The van der Waals surface area contributed by atoms with Crippen molar-refractivity contribution in [2.45, 2.75) is 19.4 Å². The highest BCUT2D eigenvalue weighted by molar-refractivity contribution is 5.84. The van der Waals surface area contributed by atoms with Gasteiger partial charge in [0.15, 0.2) is 5.82 Å². The number of carboxylic acids is 1. The Morgan fingerprint density at radius 2 is 2.38 bits per heavy atom. The number of hydrogen-bond donors (Lipinski definition) is 1. The Balaban J connectivity index is 2.26. The first-order valence-electron chi connectivity index (χ1n) is 4.10. The normalized spacial score (nSPS) is 15.1. The highest BCUT2D eigenvalue weighted by atomic mass is 16.4. The number of aryl methyl sites for hydroxylation is 1. The summed E-state index contributed by atoms with van der Waals surface area (Å²) in [7, 11) is 0. The molecule has 2 heterocycles. The van der Waals surface area contributed by atoms with Crippen LogP contribution in [0.1, 0.15) is 18.1 Å². The van der Waals surface area contributed by atoms with Crippen molar-refractivity contribution in [1.82, 2.24) is 14.8 Å². The van der Waals surface area contributed by atoms with Crippen LogP contribution in [0, 0.1) is 0 Å². The van der Waals surface area contributed by atoms with Gasteiger partial charge >= 0.3 is 5.97 Å². The zero-order chi connectivity index (χ0) is 9.26. The predicted octanol–water partition coefficient (Wildman–Crippen LogP) is 0.322. The number of hydrogen-bond acceptors (Lipinski definition) is 3. The molecule has 2 rings (SSSR count). The smallest absolute Gasteiger partial charge is 0.328 e. The molecule has 0 aliphatic carbocycles. The Bertz CT molecular complexity index is 367. The van der Waals surface area contributed by atoms with Crippen molar-refractivity contribution in [3.8, 4) is 0 Å². The van der Waals surface area contributed by atoms with E-state index in [1.165, 1.54) is 6.08 Å². The summed E-state index contributed by atoms with van der Waals surface area (Å²) in [6.45, 7) is 0.891. The van der Waals surface area contributed by atoms with Crippen LogP contribution in [0.2, 0.25) is 0 Å². The summed E-state index contributed by atoms with van der Waals surface area (Å²) in [5, 5.41) is 16.2. The molecule has 1 N–H and O–H groups in total. The van der Waals surface area contributed by atoms with Crippen LogP contribution in [0.25, 0.3) is 6.08 Å². The van der Waals surface area contributed by atoms with E-state index in [4.69, 9.17) is 5.11 Å². The Hall–Kier alpha value is -1.65. The third-order valence-corrected chi connectivity index (χ3v) is 2.01. The molecule has 5 heteroatoms.